The molecule has 1 heterocycles. The fourth-order valence-electron chi connectivity index (χ4n) is 5.55. The van der Waals surface area contributed by atoms with E-state index in [1.165, 1.54) is 30.9 Å². The van der Waals surface area contributed by atoms with E-state index in [0.29, 0.717) is 0 Å². The van der Waals surface area contributed by atoms with Gasteiger partial charge in [0.25, 0.3) is 0 Å². The minimum atomic E-state index is -0.232. The second-order valence-corrected chi connectivity index (χ2v) is 9.90. The first-order chi connectivity index (χ1) is 15.9. The molecule has 0 spiro atoms. The van der Waals surface area contributed by atoms with Gasteiger partial charge < -0.3 is 14.2 Å². The number of methoxy groups -OCH3 is 1. The number of carbonyl (C=O) groups excluding carboxylic acids is 1. The predicted octanol–water partition coefficient (Wildman–Crippen LogP) is 5.57. The summed E-state index contributed by atoms with van der Waals surface area (Å²) in [6.07, 6.45) is 4.70. The first-order valence-corrected chi connectivity index (χ1v) is 12.2. The zero-order valence-corrected chi connectivity index (χ0v) is 20.4. The molecule has 33 heavy (non-hydrogen) atoms. The average Bonchev–Trinajstić information content (AvgIpc) is 3.42. The maximum Gasteiger partial charge on any atom is 0.302 e. The number of hydrogen-bond acceptors (Lipinski definition) is 5. The molecule has 0 N–H and O–H groups in total. The number of rotatable bonds is 8. The molecular formula is C28H37NO4. The summed E-state index contributed by atoms with van der Waals surface area (Å²) in [6.45, 7) is 8.39. The molecule has 0 radical (unpaired) electrons. The van der Waals surface area contributed by atoms with Crippen LogP contribution in [0.25, 0.3) is 0 Å². The van der Waals surface area contributed by atoms with E-state index in [1.54, 1.807) is 7.11 Å². The minimum absolute atomic E-state index is 0.201. The zero-order chi connectivity index (χ0) is 23.4. The normalized spacial score (nSPS) is 24.5. The van der Waals surface area contributed by atoms with Crippen LogP contribution in [-0.2, 0) is 16.1 Å². The van der Waals surface area contributed by atoms with Gasteiger partial charge in [0.05, 0.1) is 13.2 Å². The summed E-state index contributed by atoms with van der Waals surface area (Å²) in [6, 6.07) is 16.9. The number of likely N-dealkylation sites (tertiary alicyclic amines) is 1. The molecule has 2 fully saturated rings. The van der Waals surface area contributed by atoms with Gasteiger partial charge in [0, 0.05) is 37.9 Å². The van der Waals surface area contributed by atoms with Crippen molar-refractivity contribution in [3.63, 3.8) is 0 Å². The van der Waals surface area contributed by atoms with Gasteiger partial charge >= 0.3 is 5.97 Å². The molecule has 2 aromatic carbocycles. The third-order valence-electron chi connectivity index (χ3n) is 7.51. The van der Waals surface area contributed by atoms with E-state index in [2.05, 4.69) is 48.2 Å². The summed E-state index contributed by atoms with van der Waals surface area (Å²) in [5, 5.41) is 0. The second-order valence-electron chi connectivity index (χ2n) is 9.90. The molecule has 2 aliphatic rings. The monoisotopic (exact) mass is 451 g/mol. The largest absolute Gasteiger partial charge is 0.493 e. The third-order valence-corrected chi connectivity index (χ3v) is 7.51. The topological polar surface area (TPSA) is 48.0 Å². The average molecular weight is 452 g/mol. The van der Waals surface area contributed by atoms with Crippen LogP contribution in [0.2, 0.25) is 0 Å². The Labute approximate surface area is 198 Å². The lowest BCUT2D eigenvalue weighted by molar-refractivity contribution is -0.151. The number of hydrogen-bond donors (Lipinski definition) is 0. The van der Waals surface area contributed by atoms with Crippen LogP contribution < -0.4 is 9.47 Å². The molecule has 2 aromatic rings. The summed E-state index contributed by atoms with van der Waals surface area (Å²) in [5.74, 6) is 1.57. The Morgan fingerprint density at radius 2 is 1.85 bits per heavy atom. The van der Waals surface area contributed by atoms with Gasteiger partial charge in [0.1, 0.15) is 6.10 Å². The van der Waals surface area contributed by atoms with E-state index in [1.807, 2.05) is 19.1 Å². The van der Waals surface area contributed by atoms with Gasteiger partial charge in [-0.1, -0.05) is 43.3 Å². The van der Waals surface area contributed by atoms with Gasteiger partial charge in [-0.15, -0.1) is 0 Å². The molecule has 0 aromatic heterocycles. The van der Waals surface area contributed by atoms with Crippen LogP contribution in [0.5, 0.6) is 11.5 Å². The van der Waals surface area contributed by atoms with Crippen molar-refractivity contribution in [3.05, 3.63) is 59.7 Å². The van der Waals surface area contributed by atoms with Gasteiger partial charge in [-0.05, 0) is 55.9 Å². The standard InChI is InChI=1S/C28H37NO4/c1-20(32-21(2)30)28(3)19-29(17-22-10-6-5-7-11-22)18-25(28)23-14-15-26(31-4)27(16-23)33-24-12-8-9-13-24/h5-7,10-11,14-16,20,24-25H,8-9,12-13,17-19H2,1-4H3. The Bertz CT molecular complexity index is 940. The highest BCUT2D eigenvalue weighted by Crippen LogP contribution is 2.48. The second kappa shape index (κ2) is 10.2. The molecule has 0 amide bonds. The number of benzene rings is 2. The Hall–Kier alpha value is -2.53. The van der Waals surface area contributed by atoms with E-state index in [4.69, 9.17) is 14.2 Å². The molecule has 0 bridgehead atoms. The van der Waals surface area contributed by atoms with Crippen molar-refractivity contribution in [2.45, 2.75) is 71.1 Å². The van der Waals surface area contributed by atoms with Crippen LogP contribution in [0, 0.1) is 5.41 Å². The summed E-state index contributed by atoms with van der Waals surface area (Å²) in [5.41, 5.74) is 2.28. The molecule has 1 aliphatic heterocycles. The zero-order valence-electron chi connectivity index (χ0n) is 20.4. The van der Waals surface area contributed by atoms with E-state index < -0.39 is 0 Å². The molecule has 1 aliphatic carbocycles. The molecule has 3 unspecified atom stereocenters. The lowest BCUT2D eigenvalue weighted by atomic mass is 9.72. The highest BCUT2D eigenvalue weighted by molar-refractivity contribution is 5.66. The first-order valence-electron chi connectivity index (χ1n) is 12.2. The van der Waals surface area contributed by atoms with Crippen molar-refractivity contribution >= 4 is 5.97 Å². The molecule has 5 nitrogen and oxygen atoms in total. The molecular weight excluding hydrogens is 414 g/mol. The highest BCUT2D eigenvalue weighted by atomic mass is 16.5. The van der Waals surface area contributed by atoms with Gasteiger partial charge in [-0.25, -0.2) is 0 Å². The van der Waals surface area contributed by atoms with E-state index in [0.717, 1.165) is 44.0 Å². The Kier molecular flexibility index (Phi) is 7.28. The Morgan fingerprint density at radius 3 is 2.52 bits per heavy atom. The number of ether oxygens (including phenoxy) is 3. The number of carbonyl (C=O) groups is 1. The van der Waals surface area contributed by atoms with Crippen LogP contribution in [0.3, 0.4) is 0 Å². The first kappa shape index (κ1) is 23.6. The van der Waals surface area contributed by atoms with Crippen LogP contribution in [0.1, 0.15) is 63.5 Å². The van der Waals surface area contributed by atoms with Crippen LogP contribution >= 0.6 is 0 Å². The highest BCUT2D eigenvalue weighted by Gasteiger charge is 2.48. The maximum atomic E-state index is 11.8. The molecule has 178 valence electrons. The van der Waals surface area contributed by atoms with Crippen molar-refractivity contribution in [3.8, 4) is 11.5 Å². The SMILES string of the molecule is COc1ccc(C2CN(Cc3ccccc3)CC2(C)C(C)OC(C)=O)cc1OC1CCCC1. The van der Waals surface area contributed by atoms with Crippen LogP contribution in [-0.4, -0.2) is 43.3 Å². The van der Waals surface area contributed by atoms with Crippen molar-refractivity contribution in [2.75, 3.05) is 20.2 Å². The third kappa shape index (κ3) is 5.35. The molecule has 5 heteroatoms. The molecule has 1 saturated heterocycles. The summed E-state index contributed by atoms with van der Waals surface area (Å²) in [4.78, 5) is 14.3. The molecule has 3 atom stereocenters. The van der Waals surface area contributed by atoms with Crippen LogP contribution in [0.15, 0.2) is 48.5 Å². The maximum absolute atomic E-state index is 11.8. The van der Waals surface area contributed by atoms with Crippen molar-refractivity contribution < 1.29 is 19.0 Å². The lowest BCUT2D eigenvalue weighted by Crippen LogP contribution is -2.39. The fraction of sp³-hybridized carbons (Fsp3) is 0.536. The van der Waals surface area contributed by atoms with Crippen LogP contribution in [0.4, 0.5) is 0 Å². The predicted molar refractivity (Wildman–Crippen MR) is 130 cm³/mol. The number of esters is 1. The van der Waals surface area contributed by atoms with Gasteiger partial charge in [-0.3, -0.25) is 9.69 Å². The summed E-state index contributed by atoms with van der Waals surface area (Å²) >= 11 is 0. The lowest BCUT2D eigenvalue weighted by Gasteiger charge is -2.36. The summed E-state index contributed by atoms with van der Waals surface area (Å²) < 4.78 is 17.8. The van der Waals surface area contributed by atoms with Gasteiger partial charge in [0.15, 0.2) is 11.5 Å². The smallest absolute Gasteiger partial charge is 0.302 e. The Balaban J connectivity index is 1.63. The minimum Gasteiger partial charge on any atom is -0.493 e. The van der Waals surface area contributed by atoms with E-state index in [-0.39, 0.29) is 29.5 Å². The summed E-state index contributed by atoms with van der Waals surface area (Å²) in [7, 11) is 1.70. The van der Waals surface area contributed by atoms with Gasteiger partial charge in [0.2, 0.25) is 0 Å². The van der Waals surface area contributed by atoms with Gasteiger partial charge in [-0.2, -0.15) is 0 Å². The van der Waals surface area contributed by atoms with E-state index in [9.17, 15) is 4.79 Å². The molecule has 4 rings (SSSR count). The van der Waals surface area contributed by atoms with Crippen molar-refractivity contribution in [2.24, 2.45) is 5.41 Å². The van der Waals surface area contributed by atoms with Crippen molar-refractivity contribution in [1.29, 1.82) is 0 Å². The number of nitrogens with zero attached hydrogens (tertiary/aromatic N) is 1. The molecule has 1 saturated carbocycles. The van der Waals surface area contributed by atoms with E-state index >= 15 is 0 Å². The van der Waals surface area contributed by atoms with Crippen molar-refractivity contribution in [1.82, 2.24) is 4.90 Å². The quantitative estimate of drug-likeness (QED) is 0.491. The fourth-order valence-corrected chi connectivity index (χ4v) is 5.55. The Morgan fingerprint density at radius 1 is 1.12 bits per heavy atom.